The van der Waals surface area contributed by atoms with Crippen molar-refractivity contribution in [2.45, 2.75) is 26.4 Å². The third-order valence-corrected chi connectivity index (χ3v) is 4.76. The maximum Gasteiger partial charge on any atom is 0.166 e. The van der Waals surface area contributed by atoms with Crippen LogP contribution in [-0.2, 0) is 0 Å². The second-order valence-electron chi connectivity index (χ2n) is 6.78. The van der Waals surface area contributed by atoms with Gasteiger partial charge in [0.1, 0.15) is 11.9 Å². The average molecular weight is 395 g/mol. The van der Waals surface area contributed by atoms with Crippen molar-refractivity contribution in [1.82, 2.24) is 10.3 Å². The number of nitrogen functional groups attached to an aromatic ring is 1. The first-order valence-electron chi connectivity index (χ1n) is 9.51. The Balaban J connectivity index is 2.26. The van der Waals surface area contributed by atoms with Crippen LogP contribution in [0.5, 0.6) is 5.75 Å². The van der Waals surface area contributed by atoms with Crippen LogP contribution < -0.4 is 21.5 Å². The molecule has 5 N–H and O–H groups in total. The number of pyridine rings is 1. The summed E-state index contributed by atoms with van der Waals surface area (Å²) in [6.07, 6.45) is 5.49. The minimum Gasteiger partial charge on any atom is -0.482 e. The molecule has 152 valence electrons. The summed E-state index contributed by atoms with van der Waals surface area (Å²) in [6, 6.07) is 6.34. The fraction of sp³-hybridized carbons (Fsp3) is 0.273. The lowest BCUT2D eigenvalue weighted by atomic mass is 9.96. The topological polar surface area (TPSA) is 98.5 Å². The van der Waals surface area contributed by atoms with Gasteiger partial charge in [-0.15, -0.1) is 0 Å². The first-order valence-corrected chi connectivity index (χ1v) is 9.51. The molecule has 1 atom stereocenters. The van der Waals surface area contributed by atoms with Crippen LogP contribution in [0.4, 0.5) is 10.2 Å². The highest BCUT2D eigenvalue weighted by Crippen LogP contribution is 2.33. The number of ether oxygens (including phenoxy) is 1. The first-order chi connectivity index (χ1) is 13.9. The van der Waals surface area contributed by atoms with Crippen LogP contribution in [0, 0.1) is 5.82 Å². The van der Waals surface area contributed by atoms with Gasteiger partial charge in [-0.1, -0.05) is 6.08 Å². The van der Waals surface area contributed by atoms with E-state index in [2.05, 4.69) is 15.3 Å². The van der Waals surface area contributed by atoms with Crippen molar-refractivity contribution in [3.63, 3.8) is 0 Å². The summed E-state index contributed by atoms with van der Waals surface area (Å²) in [6.45, 7) is 4.59. The quantitative estimate of drug-likeness (QED) is 0.689. The summed E-state index contributed by atoms with van der Waals surface area (Å²) in [5.74, 6) is 0.347. The van der Waals surface area contributed by atoms with Gasteiger partial charge in [-0.2, -0.15) is 0 Å². The molecule has 2 bridgehead atoms. The zero-order valence-electron chi connectivity index (χ0n) is 16.9. The number of hydrogen-bond donors (Lipinski definition) is 3. The smallest absolute Gasteiger partial charge is 0.166 e. The lowest BCUT2D eigenvalue weighted by Crippen LogP contribution is -2.15. The van der Waals surface area contributed by atoms with Gasteiger partial charge in [0.25, 0.3) is 0 Å². The minimum absolute atomic E-state index is 0.272. The molecule has 0 saturated carbocycles. The van der Waals surface area contributed by atoms with Gasteiger partial charge in [-0.25, -0.2) is 9.37 Å². The van der Waals surface area contributed by atoms with E-state index in [0.29, 0.717) is 29.0 Å². The third-order valence-electron chi connectivity index (χ3n) is 4.76. The van der Waals surface area contributed by atoms with Crippen molar-refractivity contribution in [1.29, 1.82) is 0 Å². The molecule has 29 heavy (non-hydrogen) atoms. The Morgan fingerprint density at radius 2 is 2.14 bits per heavy atom. The number of benzene rings is 1. The fourth-order valence-electron chi connectivity index (χ4n) is 3.32. The van der Waals surface area contributed by atoms with Crippen LogP contribution in [0.25, 0.3) is 11.4 Å². The number of allylic oxidation sites excluding steroid dienone is 2. The average Bonchev–Trinajstić information content (AvgIpc) is 2.70. The van der Waals surface area contributed by atoms with Gasteiger partial charge in [-0.05, 0) is 50.1 Å². The summed E-state index contributed by atoms with van der Waals surface area (Å²) < 4.78 is 20.1. The zero-order valence-corrected chi connectivity index (χ0v) is 16.9. The van der Waals surface area contributed by atoms with Crippen LogP contribution in [0.15, 0.2) is 47.1 Å². The SMILES string of the molecule is CCN/C1=C/CC(C=NC)=C(N)c2ccc(F)cc2[C@@H](C)Oc2cc1cnc2N. The van der Waals surface area contributed by atoms with Gasteiger partial charge >= 0.3 is 0 Å². The molecule has 0 amide bonds. The first kappa shape index (κ1) is 20.4. The van der Waals surface area contributed by atoms with Gasteiger partial charge in [-0.3, -0.25) is 4.99 Å². The molecule has 0 unspecified atom stereocenters. The molecular formula is C22H26FN5O. The highest BCUT2D eigenvalue weighted by Gasteiger charge is 2.19. The molecular weight excluding hydrogens is 369 g/mol. The summed E-state index contributed by atoms with van der Waals surface area (Å²) in [5, 5.41) is 3.35. The van der Waals surface area contributed by atoms with Crippen molar-refractivity contribution >= 4 is 23.4 Å². The van der Waals surface area contributed by atoms with Crippen molar-refractivity contribution in [3.8, 4) is 5.75 Å². The Hall–Kier alpha value is -3.35. The summed E-state index contributed by atoms with van der Waals surface area (Å²) in [7, 11) is 1.69. The predicted octanol–water partition coefficient (Wildman–Crippen LogP) is 3.67. The number of nitrogens with one attached hydrogen (secondary N) is 1. The van der Waals surface area contributed by atoms with E-state index in [1.807, 2.05) is 26.0 Å². The molecule has 0 spiro atoms. The van der Waals surface area contributed by atoms with Gasteiger partial charge in [0.05, 0.1) is 0 Å². The molecule has 0 radical (unpaired) electrons. The van der Waals surface area contributed by atoms with E-state index in [1.165, 1.54) is 12.1 Å². The number of fused-ring (bicyclic) bond motifs is 3. The Bertz CT molecular complexity index is 997. The number of nitrogens with zero attached hydrogens (tertiary/aromatic N) is 2. The highest BCUT2D eigenvalue weighted by molar-refractivity contribution is 5.91. The number of aliphatic imine (C=N–C) groups is 1. The van der Waals surface area contributed by atoms with Crippen LogP contribution in [-0.4, -0.2) is 24.8 Å². The second kappa shape index (κ2) is 8.77. The van der Waals surface area contributed by atoms with Crippen molar-refractivity contribution in [3.05, 3.63) is 64.6 Å². The number of aromatic nitrogens is 1. The largest absolute Gasteiger partial charge is 0.482 e. The molecule has 6 nitrogen and oxygen atoms in total. The summed E-state index contributed by atoms with van der Waals surface area (Å²) in [5.41, 5.74) is 17.0. The minimum atomic E-state index is -0.496. The molecule has 0 fully saturated rings. The number of halogens is 1. The fourth-order valence-corrected chi connectivity index (χ4v) is 3.32. The van der Waals surface area contributed by atoms with Crippen LogP contribution in [0.2, 0.25) is 0 Å². The van der Waals surface area contributed by atoms with Gasteiger partial charge < -0.3 is 21.5 Å². The number of rotatable bonds is 3. The van der Waals surface area contributed by atoms with E-state index in [9.17, 15) is 4.39 Å². The molecule has 0 saturated heterocycles. The molecule has 3 rings (SSSR count). The van der Waals surface area contributed by atoms with Gasteiger partial charge in [0.15, 0.2) is 11.6 Å². The van der Waals surface area contributed by atoms with Gasteiger partial charge in [0.2, 0.25) is 0 Å². The van der Waals surface area contributed by atoms with E-state index in [4.69, 9.17) is 16.2 Å². The number of hydrogen-bond acceptors (Lipinski definition) is 6. The molecule has 1 aliphatic heterocycles. The van der Waals surface area contributed by atoms with E-state index < -0.39 is 6.10 Å². The Kier molecular flexibility index (Phi) is 6.16. The molecule has 0 aliphatic carbocycles. The summed E-state index contributed by atoms with van der Waals surface area (Å²) in [4.78, 5) is 8.42. The van der Waals surface area contributed by atoms with Crippen LogP contribution in [0.1, 0.15) is 43.1 Å². The molecule has 2 heterocycles. The predicted molar refractivity (Wildman–Crippen MR) is 116 cm³/mol. The molecule has 1 aromatic carbocycles. The van der Waals surface area contributed by atoms with Crippen molar-refractivity contribution in [2.24, 2.45) is 10.7 Å². The van der Waals surface area contributed by atoms with Crippen LogP contribution >= 0.6 is 0 Å². The van der Waals surface area contributed by atoms with Crippen molar-refractivity contribution in [2.75, 3.05) is 19.3 Å². The lowest BCUT2D eigenvalue weighted by molar-refractivity contribution is 0.226. The van der Waals surface area contributed by atoms with E-state index in [1.54, 1.807) is 25.5 Å². The number of anilines is 1. The monoisotopic (exact) mass is 395 g/mol. The zero-order chi connectivity index (χ0) is 21.0. The van der Waals surface area contributed by atoms with Crippen molar-refractivity contribution < 1.29 is 9.13 Å². The normalized spacial score (nSPS) is 18.9. The van der Waals surface area contributed by atoms with E-state index >= 15 is 0 Å². The van der Waals surface area contributed by atoms with Crippen LogP contribution in [0.3, 0.4) is 0 Å². The molecule has 2 aromatic rings. The molecule has 1 aromatic heterocycles. The van der Waals surface area contributed by atoms with E-state index in [0.717, 1.165) is 23.4 Å². The maximum absolute atomic E-state index is 14.0. The Morgan fingerprint density at radius 3 is 2.86 bits per heavy atom. The molecule has 7 heteroatoms. The van der Waals surface area contributed by atoms with Gasteiger partial charge in [0, 0.05) is 54.1 Å². The van der Waals surface area contributed by atoms with E-state index in [-0.39, 0.29) is 11.6 Å². The highest BCUT2D eigenvalue weighted by atomic mass is 19.1. The Morgan fingerprint density at radius 1 is 1.34 bits per heavy atom. The second-order valence-corrected chi connectivity index (χ2v) is 6.78. The molecule has 1 aliphatic rings. The maximum atomic E-state index is 14.0. The number of nitrogens with two attached hydrogens (primary N) is 2. The lowest BCUT2D eigenvalue weighted by Gasteiger charge is -2.22. The Labute approximate surface area is 170 Å². The standard InChI is InChI=1S/C22H26FN5O/c1-4-27-19-8-5-14(11-26-3)21(24)17-7-6-16(23)10-18(17)13(2)29-20-9-15(19)12-28-22(20)25/h6-13,27H,4-5,24H2,1-3H3,(H2,25,28)/b19-8+,21-14?,26-11?/t13-/m1/s1. The third kappa shape index (κ3) is 4.39. The summed E-state index contributed by atoms with van der Waals surface area (Å²) >= 11 is 0.